The van der Waals surface area contributed by atoms with Crippen LogP contribution in [0.1, 0.15) is 39.5 Å². The van der Waals surface area contributed by atoms with E-state index in [1.54, 1.807) is 0 Å². The third kappa shape index (κ3) is 9.69. The molecule has 4 heteroatoms. The normalized spacial score (nSPS) is 10.9. The zero-order valence-corrected chi connectivity index (χ0v) is 9.92. The van der Waals surface area contributed by atoms with Crippen molar-refractivity contribution in [2.24, 2.45) is 5.73 Å². The van der Waals surface area contributed by atoms with Gasteiger partial charge in [-0.15, -0.1) is 0 Å². The zero-order valence-electron chi connectivity index (χ0n) is 9.92. The molecule has 0 aliphatic carbocycles. The predicted molar refractivity (Wildman–Crippen MR) is 61.6 cm³/mol. The summed E-state index contributed by atoms with van der Waals surface area (Å²) < 4.78 is 5.06. The molecule has 0 spiro atoms. The molecule has 0 unspecified atom stereocenters. The molecule has 1 amide bonds. The van der Waals surface area contributed by atoms with Gasteiger partial charge in [-0.25, -0.2) is 0 Å². The first-order valence-corrected chi connectivity index (χ1v) is 5.80. The molecule has 0 aromatic carbocycles. The Hall–Kier alpha value is -0.610. The van der Waals surface area contributed by atoms with E-state index in [-0.39, 0.29) is 6.61 Å². The highest BCUT2D eigenvalue weighted by molar-refractivity contribution is 5.74. The Bertz CT molecular complexity index is 157. The maximum absolute atomic E-state index is 10.4. The molecule has 0 aromatic heterocycles. The van der Waals surface area contributed by atoms with Gasteiger partial charge in [0.1, 0.15) is 6.61 Å². The van der Waals surface area contributed by atoms with Gasteiger partial charge < -0.3 is 15.8 Å². The third-order valence-corrected chi connectivity index (χ3v) is 2.20. The number of rotatable bonds is 10. The van der Waals surface area contributed by atoms with E-state index in [1.165, 1.54) is 25.7 Å². The van der Waals surface area contributed by atoms with Crippen LogP contribution in [0, 0.1) is 0 Å². The maximum atomic E-state index is 10.4. The lowest BCUT2D eigenvalue weighted by Gasteiger charge is -2.16. The van der Waals surface area contributed by atoms with Crippen LogP contribution in [0.15, 0.2) is 0 Å². The number of nitrogens with one attached hydrogen (secondary N) is 1. The molecule has 0 bridgehead atoms. The van der Waals surface area contributed by atoms with Crippen molar-refractivity contribution in [3.63, 3.8) is 0 Å². The lowest BCUT2D eigenvalue weighted by Crippen LogP contribution is -2.32. The Morgan fingerprint density at radius 2 is 1.93 bits per heavy atom. The lowest BCUT2D eigenvalue weighted by molar-refractivity contribution is -0.122. The van der Waals surface area contributed by atoms with Crippen molar-refractivity contribution in [1.29, 1.82) is 0 Å². The Balaban J connectivity index is 3.39. The first-order valence-electron chi connectivity index (χ1n) is 5.80. The minimum Gasteiger partial charge on any atom is -0.370 e. The molecule has 15 heavy (non-hydrogen) atoms. The Kier molecular flexibility index (Phi) is 9.52. The number of primary amides is 1. The molecule has 0 rings (SSSR count). The van der Waals surface area contributed by atoms with Crippen molar-refractivity contribution < 1.29 is 9.53 Å². The maximum Gasteiger partial charge on any atom is 0.243 e. The number of ether oxygens (including phenoxy) is 1. The fourth-order valence-electron chi connectivity index (χ4n) is 1.55. The van der Waals surface area contributed by atoms with E-state index < -0.39 is 5.91 Å². The van der Waals surface area contributed by atoms with E-state index in [9.17, 15) is 4.79 Å². The highest BCUT2D eigenvalue weighted by Crippen LogP contribution is 2.03. The number of carbonyl (C=O) groups is 1. The van der Waals surface area contributed by atoms with Crippen LogP contribution < -0.4 is 11.1 Å². The monoisotopic (exact) mass is 216 g/mol. The average Bonchev–Trinajstić information content (AvgIpc) is 2.17. The molecule has 3 N–H and O–H groups in total. The van der Waals surface area contributed by atoms with Crippen LogP contribution in [-0.2, 0) is 9.53 Å². The molecule has 0 aliphatic heterocycles. The third-order valence-electron chi connectivity index (χ3n) is 2.20. The van der Waals surface area contributed by atoms with Crippen molar-refractivity contribution in [3.05, 3.63) is 0 Å². The smallest absolute Gasteiger partial charge is 0.243 e. The summed E-state index contributed by atoms with van der Waals surface area (Å²) >= 11 is 0. The highest BCUT2D eigenvalue weighted by atomic mass is 16.5. The van der Waals surface area contributed by atoms with Crippen molar-refractivity contribution >= 4 is 5.91 Å². The predicted octanol–water partition coefficient (Wildman–Crippen LogP) is 1.05. The second-order valence-electron chi connectivity index (χ2n) is 3.75. The summed E-state index contributed by atoms with van der Waals surface area (Å²) in [4.78, 5) is 10.4. The minimum atomic E-state index is -0.409. The second-order valence-corrected chi connectivity index (χ2v) is 3.75. The molecule has 0 aromatic rings. The molecule has 0 saturated carbocycles. The quantitative estimate of drug-likeness (QED) is 0.536. The van der Waals surface area contributed by atoms with E-state index in [0.29, 0.717) is 12.6 Å². The van der Waals surface area contributed by atoms with E-state index in [0.717, 1.165) is 6.54 Å². The summed E-state index contributed by atoms with van der Waals surface area (Å²) in [5, 5.41) is 3.42. The SMILES string of the molecule is CCCC(CCC)NCCOCC(N)=O. The molecule has 0 saturated heterocycles. The van der Waals surface area contributed by atoms with Crippen LogP contribution in [0.2, 0.25) is 0 Å². The van der Waals surface area contributed by atoms with Gasteiger partial charge in [-0.2, -0.15) is 0 Å². The molecule has 0 aliphatic rings. The average molecular weight is 216 g/mol. The molecule has 4 nitrogen and oxygen atoms in total. The molecule has 0 radical (unpaired) electrons. The van der Waals surface area contributed by atoms with Gasteiger partial charge in [0, 0.05) is 12.6 Å². The van der Waals surface area contributed by atoms with Gasteiger partial charge in [0.25, 0.3) is 0 Å². The largest absolute Gasteiger partial charge is 0.370 e. The summed E-state index contributed by atoms with van der Waals surface area (Å²) in [6.45, 7) is 5.74. The standard InChI is InChI=1S/C11H24N2O2/c1-3-5-10(6-4-2)13-7-8-15-9-11(12)14/h10,13H,3-9H2,1-2H3,(H2,12,14). The molecular weight excluding hydrogens is 192 g/mol. The van der Waals surface area contributed by atoms with Crippen molar-refractivity contribution in [2.75, 3.05) is 19.8 Å². The Morgan fingerprint density at radius 3 is 2.40 bits per heavy atom. The Morgan fingerprint density at radius 1 is 1.33 bits per heavy atom. The summed E-state index contributed by atoms with van der Waals surface area (Å²) in [6.07, 6.45) is 4.78. The van der Waals surface area contributed by atoms with Crippen molar-refractivity contribution in [3.8, 4) is 0 Å². The van der Waals surface area contributed by atoms with Crippen LogP contribution in [0.25, 0.3) is 0 Å². The van der Waals surface area contributed by atoms with Crippen LogP contribution in [0.4, 0.5) is 0 Å². The molecule has 0 fully saturated rings. The number of hydrogen-bond acceptors (Lipinski definition) is 3. The molecule has 0 heterocycles. The fraction of sp³-hybridized carbons (Fsp3) is 0.909. The summed E-state index contributed by atoms with van der Waals surface area (Å²) in [5.74, 6) is -0.409. The van der Waals surface area contributed by atoms with E-state index >= 15 is 0 Å². The van der Waals surface area contributed by atoms with E-state index in [4.69, 9.17) is 10.5 Å². The first-order chi connectivity index (χ1) is 7.20. The number of carbonyl (C=O) groups excluding carboxylic acids is 1. The summed E-state index contributed by atoms with van der Waals surface area (Å²) in [6, 6.07) is 0.581. The van der Waals surface area contributed by atoms with Crippen LogP contribution >= 0.6 is 0 Å². The van der Waals surface area contributed by atoms with Gasteiger partial charge in [0.2, 0.25) is 5.91 Å². The summed E-state index contributed by atoms with van der Waals surface area (Å²) in [5.41, 5.74) is 4.95. The highest BCUT2D eigenvalue weighted by Gasteiger charge is 2.04. The van der Waals surface area contributed by atoms with Gasteiger partial charge in [0.15, 0.2) is 0 Å². The van der Waals surface area contributed by atoms with Crippen molar-refractivity contribution in [2.45, 2.75) is 45.6 Å². The van der Waals surface area contributed by atoms with E-state index in [1.807, 2.05) is 0 Å². The van der Waals surface area contributed by atoms with Crippen molar-refractivity contribution in [1.82, 2.24) is 5.32 Å². The topological polar surface area (TPSA) is 64.3 Å². The lowest BCUT2D eigenvalue weighted by atomic mass is 10.1. The molecular formula is C11H24N2O2. The first kappa shape index (κ1) is 14.4. The van der Waals surface area contributed by atoms with Crippen LogP contribution in [0.3, 0.4) is 0 Å². The molecule has 90 valence electrons. The van der Waals surface area contributed by atoms with Gasteiger partial charge in [-0.1, -0.05) is 26.7 Å². The molecule has 0 atom stereocenters. The number of nitrogens with two attached hydrogens (primary N) is 1. The van der Waals surface area contributed by atoms with Gasteiger partial charge >= 0.3 is 0 Å². The summed E-state index contributed by atoms with van der Waals surface area (Å²) in [7, 11) is 0. The second kappa shape index (κ2) is 9.93. The fourth-order valence-corrected chi connectivity index (χ4v) is 1.55. The Labute approximate surface area is 92.6 Å². The van der Waals surface area contributed by atoms with Gasteiger partial charge in [-0.3, -0.25) is 4.79 Å². The number of amides is 1. The van der Waals surface area contributed by atoms with Gasteiger partial charge in [-0.05, 0) is 12.8 Å². The zero-order chi connectivity index (χ0) is 11.5. The van der Waals surface area contributed by atoms with Crippen LogP contribution in [0.5, 0.6) is 0 Å². The van der Waals surface area contributed by atoms with Gasteiger partial charge in [0.05, 0.1) is 6.61 Å². The minimum absolute atomic E-state index is 0.0217. The van der Waals surface area contributed by atoms with Crippen LogP contribution in [-0.4, -0.2) is 31.7 Å². The van der Waals surface area contributed by atoms with E-state index in [2.05, 4.69) is 19.2 Å². The number of hydrogen-bond donors (Lipinski definition) is 2.